The third kappa shape index (κ3) is 5.94. The van der Waals surface area contributed by atoms with E-state index in [1.807, 2.05) is 42.5 Å². The van der Waals surface area contributed by atoms with Gasteiger partial charge in [0.1, 0.15) is 6.26 Å². The maximum atomic E-state index is 12.6. The number of fused-ring (bicyclic) bond motifs is 2. The molecule has 9 heteroatoms. The number of aromatic amines is 1. The minimum absolute atomic E-state index is 0.242. The number of nitrogens with zero attached hydrogens (tertiary/aromatic N) is 3. The second kappa shape index (κ2) is 11.4. The molecule has 9 nitrogen and oxygen atoms in total. The maximum absolute atomic E-state index is 12.6. The largest absolute Gasteiger partial charge is 0.454 e. The SMILES string of the molecule is O=C(NCCc1ccccn1)c1coc(CN(CCc2c[nH]c3ccccc23)Cc2ccc3c(c2)OCO3)n1. The van der Waals surface area contributed by atoms with Crippen LogP contribution in [0.4, 0.5) is 0 Å². The zero-order valence-electron chi connectivity index (χ0n) is 21.4. The first-order valence-electron chi connectivity index (χ1n) is 13.0. The number of hydrogen-bond acceptors (Lipinski definition) is 7. The monoisotopic (exact) mass is 523 g/mol. The molecule has 5 aromatic rings. The summed E-state index contributed by atoms with van der Waals surface area (Å²) >= 11 is 0. The number of carbonyl (C=O) groups is 1. The van der Waals surface area contributed by atoms with E-state index < -0.39 is 0 Å². The number of para-hydroxylation sites is 1. The normalized spacial score (nSPS) is 12.3. The molecule has 0 bridgehead atoms. The van der Waals surface area contributed by atoms with Crippen molar-refractivity contribution in [1.82, 2.24) is 25.2 Å². The lowest BCUT2D eigenvalue weighted by molar-refractivity contribution is 0.0949. The van der Waals surface area contributed by atoms with Gasteiger partial charge in [-0.25, -0.2) is 4.98 Å². The molecule has 1 amide bonds. The standard InChI is InChI=1S/C30H29N5O4/c36-30(32-13-10-23-5-3-4-12-31-23)26-19-37-29(34-26)18-35(17-21-8-9-27-28(15-21)39-20-38-27)14-11-22-16-33-25-7-2-1-6-24(22)25/h1-9,12,15-16,19,33H,10-11,13-14,17-18,20H2,(H,32,36). The Morgan fingerprint density at radius 3 is 2.82 bits per heavy atom. The number of H-pyrrole nitrogens is 1. The predicted molar refractivity (Wildman–Crippen MR) is 145 cm³/mol. The minimum atomic E-state index is -0.262. The topological polar surface area (TPSA) is 106 Å². The van der Waals surface area contributed by atoms with E-state index in [4.69, 9.17) is 13.9 Å². The van der Waals surface area contributed by atoms with E-state index in [0.29, 0.717) is 31.9 Å². The van der Waals surface area contributed by atoms with Crippen molar-refractivity contribution in [2.45, 2.75) is 25.9 Å². The van der Waals surface area contributed by atoms with Crippen LogP contribution in [-0.4, -0.2) is 45.6 Å². The highest BCUT2D eigenvalue weighted by Crippen LogP contribution is 2.33. The van der Waals surface area contributed by atoms with Gasteiger partial charge in [0.15, 0.2) is 17.2 Å². The molecule has 0 atom stereocenters. The molecule has 2 N–H and O–H groups in total. The molecule has 0 spiro atoms. The van der Waals surface area contributed by atoms with Crippen LogP contribution in [0.5, 0.6) is 11.5 Å². The summed E-state index contributed by atoms with van der Waals surface area (Å²) in [6.45, 7) is 2.60. The first kappa shape index (κ1) is 24.7. The molecule has 0 saturated heterocycles. The summed E-state index contributed by atoms with van der Waals surface area (Å²) < 4.78 is 16.8. The Hall–Kier alpha value is -4.63. The average Bonchev–Trinajstić information content (AvgIpc) is 3.72. The number of rotatable bonds is 11. The Kier molecular flexibility index (Phi) is 7.22. The Balaban J connectivity index is 1.12. The summed E-state index contributed by atoms with van der Waals surface area (Å²) in [6.07, 6.45) is 6.73. The molecule has 4 heterocycles. The van der Waals surface area contributed by atoms with Crippen LogP contribution in [0.25, 0.3) is 10.9 Å². The van der Waals surface area contributed by atoms with Gasteiger partial charge in [0.2, 0.25) is 12.7 Å². The smallest absolute Gasteiger partial charge is 0.273 e. The fraction of sp³-hybridized carbons (Fsp3) is 0.233. The molecule has 0 aliphatic carbocycles. The molecule has 0 unspecified atom stereocenters. The van der Waals surface area contributed by atoms with Crippen molar-refractivity contribution < 1.29 is 18.7 Å². The molecular formula is C30H29N5O4. The van der Waals surface area contributed by atoms with Crippen molar-refractivity contribution in [3.05, 3.63) is 108 Å². The van der Waals surface area contributed by atoms with E-state index >= 15 is 0 Å². The minimum Gasteiger partial charge on any atom is -0.454 e. The van der Waals surface area contributed by atoms with Crippen LogP contribution < -0.4 is 14.8 Å². The number of amides is 1. The molecule has 0 fully saturated rings. The number of carbonyl (C=O) groups excluding carboxylic acids is 1. The third-order valence-corrected chi connectivity index (χ3v) is 6.75. The van der Waals surface area contributed by atoms with Crippen molar-refractivity contribution in [3.63, 3.8) is 0 Å². The molecule has 3 aromatic heterocycles. The van der Waals surface area contributed by atoms with Gasteiger partial charge in [0, 0.05) is 55.0 Å². The van der Waals surface area contributed by atoms with E-state index in [1.54, 1.807) is 6.20 Å². The zero-order chi connectivity index (χ0) is 26.4. The summed E-state index contributed by atoms with van der Waals surface area (Å²) in [6, 6.07) is 20.0. The van der Waals surface area contributed by atoms with Crippen molar-refractivity contribution in [2.75, 3.05) is 19.9 Å². The third-order valence-electron chi connectivity index (χ3n) is 6.75. The van der Waals surface area contributed by atoms with Crippen molar-refractivity contribution in [3.8, 4) is 11.5 Å². The lowest BCUT2D eigenvalue weighted by Gasteiger charge is -2.21. The van der Waals surface area contributed by atoms with Crippen LogP contribution in [0.3, 0.4) is 0 Å². The summed E-state index contributed by atoms with van der Waals surface area (Å²) in [5.41, 5.74) is 4.67. The molecule has 0 saturated carbocycles. The fourth-order valence-corrected chi connectivity index (χ4v) is 4.75. The van der Waals surface area contributed by atoms with E-state index in [-0.39, 0.29) is 18.4 Å². The Labute approximate surface area is 225 Å². The van der Waals surface area contributed by atoms with Crippen LogP contribution in [0.15, 0.2) is 83.7 Å². The van der Waals surface area contributed by atoms with Crippen LogP contribution in [0.2, 0.25) is 0 Å². The Morgan fingerprint density at radius 2 is 1.90 bits per heavy atom. The van der Waals surface area contributed by atoms with Crippen molar-refractivity contribution in [1.29, 1.82) is 0 Å². The van der Waals surface area contributed by atoms with Crippen LogP contribution in [-0.2, 0) is 25.9 Å². The van der Waals surface area contributed by atoms with Gasteiger partial charge in [-0.15, -0.1) is 0 Å². The van der Waals surface area contributed by atoms with Crippen LogP contribution in [0, 0.1) is 0 Å². The number of aromatic nitrogens is 3. The molecular weight excluding hydrogens is 494 g/mol. The number of oxazole rings is 1. The van der Waals surface area contributed by atoms with Gasteiger partial charge in [-0.3, -0.25) is 14.7 Å². The average molecular weight is 524 g/mol. The van der Waals surface area contributed by atoms with Gasteiger partial charge in [0.05, 0.1) is 6.54 Å². The molecule has 39 heavy (non-hydrogen) atoms. The van der Waals surface area contributed by atoms with Crippen LogP contribution in [0.1, 0.15) is 33.2 Å². The number of pyridine rings is 1. The molecule has 0 radical (unpaired) electrons. The highest BCUT2D eigenvalue weighted by molar-refractivity contribution is 5.91. The lowest BCUT2D eigenvalue weighted by atomic mass is 10.1. The van der Waals surface area contributed by atoms with Gasteiger partial charge in [-0.05, 0) is 47.9 Å². The van der Waals surface area contributed by atoms with Gasteiger partial charge < -0.3 is 24.2 Å². The summed E-state index contributed by atoms with van der Waals surface area (Å²) in [4.78, 5) is 27.0. The summed E-state index contributed by atoms with van der Waals surface area (Å²) in [5.74, 6) is 1.74. The van der Waals surface area contributed by atoms with Gasteiger partial charge in [-0.1, -0.05) is 30.3 Å². The van der Waals surface area contributed by atoms with E-state index in [0.717, 1.165) is 41.2 Å². The Bertz CT molecular complexity index is 1560. The first-order valence-corrected chi connectivity index (χ1v) is 13.0. The molecule has 1 aliphatic rings. The number of ether oxygens (including phenoxy) is 2. The quantitative estimate of drug-likeness (QED) is 0.263. The second-order valence-electron chi connectivity index (χ2n) is 9.46. The van der Waals surface area contributed by atoms with E-state index in [2.05, 4.69) is 49.6 Å². The highest BCUT2D eigenvalue weighted by atomic mass is 16.7. The molecule has 198 valence electrons. The zero-order valence-corrected chi connectivity index (χ0v) is 21.4. The summed E-state index contributed by atoms with van der Waals surface area (Å²) in [5, 5.41) is 4.12. The van der Waals surface area contributed by atoms with Gasteiger partial charge in [0.25, 0.3) is 5.91 Å². The second-order valence-corrected chi connectivity index (χ2v) is 9.46. The van der Waals surface area contributed by atoms with Gasteiger partial charge >= 0.3 is 0 Å². The maximum Gasteiger partial charge on any atom is 0.273 e. The number of hydrogen-bond donors (Lipinski definition) is 2. The van der Waals surface area contributed by atoms with E-state index in [1.165, 1.54) is 17.2 Å². The van der Waals surface area contributed by atoms with Crippen LogP contribution >= 0.6 is 0 Å². The Morgan fingerprint density at radius 1 is 1.00 bits per heavy atom. The highest BCUT2D eigenvalue weighted by Gasteiger charge is 2.18. The first-order chi connectivity index (χ1) is 19.2. The molecule has 2 aromatic carbocycles. The molecule has 1 aliphatic heterocycles. The van der Waals surface area contributed by atoms with Gasteiger partial charge in [-0.2, -0.15) is 0 Å². The number of benzene rings is 2. The lowest BCUT2D eigenvalue weighted by Crippen LogP contribution is -2.27. The van der Waals surface area contributed by atoms with Crippen molar-refractivity contribution in [2.24, 2.45) is 0 Å². The number of nitrogens with one attached hydrogen (secondary N) is 2. The summed E-state index contributed by atoms with van der Waals surface area (Å²) in [7, 11) is 0. The predicted octanol–water partition coefficient (Wildman–Crippen LogP) is 4.50. The fourth-order valence-electron chi connectivity index (χ4n) is 4.75. The molecule has 6 rings (SSSR count). The van der Waals surface area contributed by atoms with E-state index in [9.17, 15) is 4.79 Å². The van der Waals surface area contributed by atoms with Crippen molar-refractivity contribution >= 4 is 16.8 Å².